The first-order valence-electron chi connectivity index (χ1n) is 6.34. The molecule has 3 rings (SSSR count). The summed E-state index contributed by atoms with van der Waals surface area (Å²) in [7, 11) is 0. The molecule has 0 amide bonds. The van der Waals surface area contributed by atoms with Crippen LogP contribution >= 0.6 is 15.9 Å². The van der Waals surface area contributed by atoms with Crippen molar-refractivity contribution in [2.75, 3.05) is 0 Å². The zero-order valence-corrected chi connectivity index (χ0v) is 12.8. The number of benzene rings is 1. The normalized spacial score (nSPS) is 10.5. The number of rotatable bonds is 3. The molecule has 1 aromatic carbocycles. The molecule has 0 saturated heterocycles. The summed E-state index contributed by atoms with van der Waals surface area (Å²) in [6, 6.07) is 11.4. The molecular formula is C16H11BrN2O2. The third-order valence-corrected chi connectivity index (χ3v) is 3.74. The zero-order valence-electron chi connectivity index (χ0n) is 11.3. The number of nitrogens with zero attached hydrogens (tertiary/aromatic N) is 2. The number of alkyl halides is 1. The molecule has 5 heteroatoms. The quantitative estimate of drug-likeness (QED) is 0.647. The molecule has 0 fully saturated rings. The van der Waals surface area contributed by atoms with E-state index in [1.54, 1.807) is 12.3 Å². The van der Waals surface area contributed by atoms with Gasteiger partial charge in [0.05, 0.1) is 5.39 Å². The predicted molar refractivity (Wildman–Crippen MR) is 82.6 cm³/mol. The van der Waals surface area contributed by atoms with Crippen molar-refractivity contribution < 1.29 is 9.15 Å². The summed E-state index contributed by atoms with van der Waals surface area (Å²) < 4.78 is 11.3. The largest absolute Gasteiger partial charge is 0.442 e. The number of para-hydroxylation sites is 1. The number of hydrogen-bond donors (Lipinski definition) is 0. The van der Waals surface area contributed by atoms with Crippen molar-refractivity contribution >= 4 is 26.9 Å². The van der Waals surface area contributed by atoms with Crippen LogP contribution in [0, 0.1) is 18.3 Å². The lowest BCUT2D eigenvalue weighted by Gasteiger charge is -2.07. The van der Waals surface area contributed by atoms with Gasteiger partial charge in [0.2, 0.25) is 11.6 Å². The molecule has 0 radical (unpaired) electrons. The average molecular weight is 343 g/mol. The second-order valence-corrected chi connectivity index (χ2v) is 5.13. The molecule has 3 aromatic rings. The van der Waals surface area contributed by atoms with E-state index in [-0.39, 0.29) is 5.76 Å². The highest BCUT2D eigenvalue weighted by atomic mass is 79.9. The van der Waals surface area contributed by atoms with Gasteiger partial charge in [-0.1, -0.05) is 28.1 Å². The van der Waals surface area contributed by atoms with Crippen LogP contribution in [0.4, 0.5) is 0 Å². The topological polar surface area (TPSA) is 59.0 Å². The van der Waals surface area contributed by atoms with Gasteiger partial charge in [-0.3, -0.25) is 0 Å². The molecule has 0 unspecified atom stereocenters. The number of aryl methyl sites for hydroxylation is 1. The van der Waals surface area contributed by atoms with Gasteiger partial charge in [-0.25, -0.2) is 4.98 Å². The van der Waals surface area contributed by atoms with E-state index in [2.05, 4.69) is 20.9 Å². The molecule has 0 aliphatic rings. The molecule has 0 bridgehead atoms. The van der Waals surface area contributed by atoms with Crippen LogP contribution in [0.2, 0.25) is 0 Å². The van der Waals surface area contributed by atoms with Crippen LogP contribution in [0.25, 0.3) is 11.0 Å². The lowest BCUT2D eigenvalue weighted by Crippen LogP contribution is -1.93. The average Bonchev–Trinajstić information content (AvgIpc) is 2.87. The first kappa shape index (κ1) is 13.7. The fourth-order valence-corrected chi connectivity index (χ4v) is 2.40. The van der Waals surface area contributed by atoms with E-state index in [9.17, 15) is 5.26 Å². The number of furan rings is 1. The summed E-state index contributed by atoms with van der Waals surface area (Å²) in [5.41, 5.74) is 2.59. The Balaban J connectivity index is 2.08. The van der Waals surface area contributed by atoms with Crippen LogP contribution in [0.1, 0.15) is 16.9 Å². The smallest absolute Gasteiger partial charge is 0.247 e. The minimum absolute atomic E-state index is 0.155. The van der Waals surface area contributed by atoms with Gasteiger partial charge in [0.1, 0.15) is 11.7 Å². The maximum atomic E-state index is 9.20. The number of halogens is 1. The summed E-state index contributed by atoms with van der Waals surface area (Å²) in [5, 5.41) is 10.7. The van der Waals surface area contributed by atoms with E-state index in [4.69, 9.17) is 9.15 Å². The van der Waals surface area contributed by atoms with Crippen molar-refractivity contribution in [3.05, 3.63) is 53.4 Å². The zero-order chi connectivity index (χ0) is 14.8. The highest BCUT2D eigenvalue weighted by molar-refractivity contribution is 9.08. The molecule has 2 aromatic heterocycles. The Morgan fingerprint density at radius 3 is 2.90 bits per heavy atom. The second kappa shape index (κ2) is 5.58. The minimum atomic E-state index is 0.155. The Morgan fingerprint density at radius 2 is 2.19 bits per heavy atom. The number of hydrogen-bond acceptors (Lipinski definition) is 4. The number of fused-ring (bicyclic) bond motifs is 1. The van der Waals surface area contributed by atoms with Crippen molar-refractivity contribution in [3.63, 3.8) is 0 Å². The summed E-state index contributed by atoms with van der Waals surface area (Å²) in [6.45, 7) is 1.92. The van der Waals surface area contributed by atoms with Crippen LogP contribution < -0.4 is 4.74 Å². The summed E-state index contributed by atoms with van der Waals surface area (Å²) in [4.78, 5) is 4.30. The molecular weight excluding hydrogens is 332 g/mol. The van der Waals surface area contributed by atoms with Gasteiger partial charge >= 0.3 is 0 Å². The molecule has 2 heterocycles. The van der Waals surface area contributed by atoms with E-state index in [1.807, 2.05) is 37.3 Å². The van der Waals surface area contributed by atoms with Gasteiger partial charge < -0.3 is 9.15 Å². The molecule has 0 spiro atoms. The number of ether oxygens (including phenoxy) is 1. The predicted octanol–water partition coefficient (Wildman–Crippen LogP) is 4.70. The number of nitriles is 1. The van der Waals surface area contributed by atoms with Crippen LogP contribution in [0.5, 0.6) is 11.6 Å². The molecule has 0 saturated carbocycles. The third kappa shape index (κ3) is 2.50. The molecule has 0 N–H and O–H groups in total. The number of pyridine rings is 1. The van der Waals surface area contributed by atoms with Crippen LogP contribution in [-0.2, 0) is 5.33 Å². The monoisotopic (exact) mass is 342 g/mol. The van der Waals surface area contributed by atoms with Crippen LogP contribution in [-0.4, -0.2) is 4.98 Å². The Labute approximate surface area is 130 Å². The van der Waals surface area contributed by atoms with Gasteiger partial charge in [0, 0.05) is 17.1 Å². The Morgan fingerprint density at radius 1 is 1.38 bits per heavy atom. The fourth-order valence-electron chi connectivity index (χ4n) is 2.09. The first-order chi connectivity index (χ1) is 10.2. The summed E-state index contributed by atoms with van der Waals surface area (Å²) in [5.74, 6) is 1.04. The van der Waals surface area contributed by atoms with Crippen LogP contribution in [0.15, 0.2) is 40.9 Å². The minimum Gasteiger partial charge on any atom is -0.442 e. The molecule has 0 aliphatic carbocycles. The third-order valence-electron chi connectivity index (χ3n) is 3.09. The highest BCUT2D eigenvalue weighted by Crippen LogP contribution is 2.36. The Bertz CT molecular complexity index is 849. The van der Waals surface area contributed by atoms with Gasteiger partial charge in [-0.05, 0) is 30.7 Å². The molecule has 0 atom stereocenters. The van der Waals surface area contributed by atoms with Crippen molar-refractivity contribution in [2.24, 2.45) is 0 Å². The first-order valence-corrected chi connectivity index (χ1v) is 7.46. The van der Waals surface area contributed by atoms with E-state index in [0.29, 0.717) is 17.2 Å². The summed E-state index contributed by atoms with van der Waals surface area (Å²) >= 11 is 3.39. The van der Waals surface area contributed by atoms with E-state index in [0.717, 1.165) is 21.8 Å². The van der Waals surface area contributed by atoms with Crippen molar-refractivity contribution in [2.45, 2.75) is 12.3 Å². The Hall–Kier alpha value is -2.32. The van der Waals surface area contributed by atoms with Gasteiger partial charge in [-0.15, -0.1) is 0 Å². The standard InChI is InChI=1S/C16H11BrN2O2/c1-10-6-11(7-17)9-19-16(10)21-15-12-4-2-3-5-13(12)20-14(15)8-18/h2-6,9H,7H2,1H3. The second-order valence-electron chi connectivity index (χ2n) is 4.57. The molecule has 104 valence electrons. The lowest BCUT2D eigenvalue weighted by atomic mass is 10.2. The van der Waals surface area contributed by atoms with Crippen molar-refractivity contribution in [3.8, 4) is 17.7 Å². The lowest BCUT2D eigenvalue weighted by molar-refractivity contribution is 0.447. The van der Waals surface area contributed by atoms with E-state index < -0.39 is 0 Å². The number of aromatic nitrogens is 1. The molecule has 4 nitrogen and oxygen atoms in total. The van der Waals surface area contributed by atoms with Gasteiger partial charge in [0.25, 0.3) is 0 Å². The highest BCUT2D eigenvalue weighted by Gasteiger charge is 2.17. The summed E-state index contributed by atoms with van der Waals surface area (Å²) in [6.07, 6.45) is 1.74. The van der Waals surface area contributed by atoms with Crippen LogP contribution in [0.3, 0.4) is 0 Å². The molecule has 21 heavy (non-hydrogen) atoms. The van der Waals surface area contributed by atoms with Crippen molar-refractivity contribution in [1.82, 2.24) is 4.98 Å². The van der Waals surface area contributed by atoms with Gasteiger partial charge in [-0.2, -0.15) is 5.26 Å². The molecule has 0 aliphatic heterocycles. The SMILES string of the molecule is Cc1cc(CBr)cnc1Oc1c(C#N)oc2ccccc12. The fraction of sp³-hybridized carbons (Fsp3) is 0.125. The maximum Gasteiger partial charge on any atom is 0.247 e. The maximum absolute atomic E-state index is 9.20. The van der Waals surface area contributed by atoms with Crippen molar-refractivity contribution in [1.29, 1.82) is 5.26 Å². The van der Waals surface area contributed by atoms with E-state index in [1.165, 1.54) is 0 Å². The Kier molecular flexibility index (Phi) is 3.63. The van der Waals surface area contributed by atoms with E-state index >= 15 is 0 Å². The van der Waals surface area contributed by atoms with Gasteiger partial charge in [0.15, 0.2) is 5.75 Å².